The number of anilines is 1. The molecule has 0 saturated carbocycles. The number of hydrogen-bond acceptors (Lipinski definition) is 3. The molecule has 1 amide bonds. The number of hydrogen-bond donors (Lipinski definition) is 2. The Bertz CT molecular complexity index is 420. The molecule has 2 rings (SSSR count). The lowest BCUT2D eigenvalue weighted by Gasteiger charge is -2.15. The van der Waals surface area contributed by atoms with Gasteiger partial charge in [0, 0.05) is 11.7 Å². The summed E-state index contributed by atoms with van der Waals surface area (Å²) in [6, 6.07) is 7.71. The van der Waals surface area contributed by atoms with Gasteiger partial charge in [0.2, 0.25) is 5.91 Å². The zero-order chi connectivity index (χ0) is 13.0. The van der Waals surface area contributed by atoms with E-state index in [9.17, 15) is 4.79 Å². The van der Waals surface area contributed by atoms with Crippen LogP contribution in [0.1, 0.15) is 18.9 Å². The van der Waals surface area contributed by atoms with Crippen LogP contribution in [-0.4, -0.2) is 25.2 Å². The quantitative estimate of drug-likeness (QED) is 0.849. The Kier molecular flexibility index (Phi) is 4.33. The molecule has 4 nitrogen and oxygen atoms in total. The molecule has 2 atom stereocenters. The van der Waals surface area contributed by atoms with Crippen molar-refractivity contribution in [3.63, 3.8) is 0 Å². The maximum Gasteiger partial charge on any atom is 0.231 e. The van der Waals surface area contributed by atoms with E-state index in [2.05, 4.69) is 12.2 Å². The largest absolute Gasteiger partial charge is 0.379 e. The van der Waals surface area contributed by atoms with E-state index in [1.54, 1.807) is 0 Å². The van der Waals surface area contributed by atoms with Crippen molar-refractivity contribution in [2.24, 2.45) is 11.7 Å². The first-order valence-corrected chi connectivity index (χ1v) is 6.44. The fourth-order valence-electron chi connectivity index (χ4n) is 2.20. The maximum absolute atomic E-state index is 12.1. The highest BCUT2D eigenvalue weighted by Crippen LogP contribution is 2.19. The third-order valence-electron chi connectivity index (χ3n) is 3.26. The molecule has 1 saturated heterocycles. The smallest absolute Gasteiger partial charge is 0.231 e. The zero-order valence-corrected chi connectivity index (χ0v) is 10.7. The summed E-state index contributed by atoms with van der Waals surface area (Å²) in [5.41, 5.74) is 7.90. The van der Waals surface area contributed by atoms with E-state index in [0.29, 0.717) is 13.2 Å². The van der Waals surface area contributed by atoms with E-state index in [1.165, 1.54) is 5.56 Å². The molecule has 98 valence electrons. The number of carbonyl (C=O) groups is 1. The minimum atomic E-state index is -0.236. The molecule has 0 bridgehead atoms. The number of benzene rings is 1. The van der Waals surface area contributed by atoms with Crippen LogP contribution < -0.4 is 11.1 Å². The lowest BCUT2D eigenvalue weighted by Crippen LogP contribution is -2.37. The molecule has 1 fully saturated rings. The van der Waals surface area contributed by atoms with E-state index >= 15 is 0 Å². The van der Waals surface area contributed by atoms with Gasteiger partial charge in [-0.05, 0) is 18.1 Å². The van der Waals surface area contributed by atoms with E-state index in [0.717, 1.165) is 18.5 Å². The molecule has 1 heterocycles. The molecule has 1 aliphatic heterocycles. The fraction of sp³-hybridized carbons (Fsp3) is 0.500. The number of ether oxygens (including phenoxy) is 1. The number of carbonyl (C=O) groups excluding carboxylic acids is 1. The Labute approximate surface area is 108 Å². The molecule has 0 radical (unpaired) electrons. The first kappa shape index (κ1) is 13.1. The van der Waals surface area contributed by atoms with Crippen molar-refractivity contribution in [3.05, 3.63) is 29.8 Å². The molecule has 1 aromatic carbocycles. The third-order valence-corrected chi connectivity index (χ3v) is 3.26. The molecule has 0 spiro atoms. The van der Waals surface area contributed by atoms with Crippen LogP contribution in [0.4, 0.5) is 5.69 Å². The van der Waals surface area contributed by atoms with Crippen molar-refractivity contribution in [3.8, 4) is 0 Å². The summed E-state index contributed by atoms with van der Waals surface area (Å²) in [5, 5.41) is 2.97. The second-order valence-corrected chi connectivity index (χ2v) is 4.70. The van der Waals surface area contributed by atoms with Crippen LogP contribution in [0.5, 0.6) is 0 Å². The number of aryl methyl sites for hydroxylation is 1. The summed E-state index contributed by atoms with van der Waals surface area (Å²) in [6.45, 7) is 3.01. The average molecular weight is 248 g/mol. The lowest BCUT2D eigenvalue weighted by atomic mass is 10.0. The van der Waals surface area contributed by atoms with Gasteiger partial charge in [0.15, 0.2) is 0 Å². The lowest BCUT2D eigenvalue weighted by molar-refractivity contribution is -0.120. The van der Waals surface area contributed by atoms with E-state index < -0.39 is 0 Å². The highest BCUT2D eigenvalue weighted by molar-refractivity contribution is 5.94. The number of nitrogens with two attached hydrogens (primary N) is 1. The molecule has 2 unspecified atom stereocenters. The second-order valence-electron chi connectivity index (χ2n) is 4.70. The van der Waals surface area contributed by atoms with Gasteiger partial charge in [-0.2, -0.15) is 0 Å². The van der Waals surface area contributed by atoms with Gasteiger partial charge >= 0.3 is 0 Å². The van der Waals surface area contributed by atoms with Crippen LogP contribution in [0.3, 0.4) is 0 Å². The molecule has 1 aliphatic rings. The standard InChI is InChI=1S/C14H20N2O2/c1-2-5-10-6-3-4-7-13(10)16-14(17)11-8-18-9-12(11)15/h3-4,6-7,11-12H,2,5,8-9,15H2,1H3,(H,16,17). The minimum Gasteiger partial charge on any atom is -0.379 e. The predicted octanol–water partition coefficient (Wildman–Crippen LogP) is 1.55. The number of nitrogens with one attached hydrogen (secondary N) is 1. The van der Waals surface area contributed by atoms with Gasteiger partial charge in [0.1, 0.15) is 0 Å². The average Bonchev–Trinajstić information content (AvgIpc) is 2.78. The summed E-state index contributed by atoms with van der Waals surface area (Å²) >= 11 is 0. The van der Waals surface area contributed by atoms with Gasteiger partial charge in [0.25, 0.3) is 0 Å². The minimum absolute atomic E-state index is 0.0384. The predicted molar refractivity (Wildman–Crippen MR) is 71.4 cm³/mol. The van der Waals surface area contributed by atoms with Gasteiger partial charge in [-0.3, -0.25) is 4.79 Å². The maximum atomic E-state index is 12.1. The molecule has 0 aromatic heterocycles. The molecule has 0 aliphatic carbocycles. The normalized spacial score (nSPS) is 23.0. The Hall–Kier alpha value is -1.39. The van der Waals surface area contributed by atoms with Crippen LogP contribution >= 0.6 is 0 Å². The third kappa shape index (κ3) is 2.89. The molecular formula is C14H20N2O2. The Morgan fingerprint density at radius 3 is 2.89 bits per heavy atom. The van der Waals surface area contributed by atoms with Crippen LogP contribution in [0.2, 0.25) is 0 Å². The molecule has 1 aromatic rings. The molecule has 3 N–H and O–H groups in total. The van der Waals surface area contributed by atoms with Crippen LogP contribution in [0.15, 0.2) is 24.3 Å². The number of rotatable bonds is 4. The van der Waals surface area contributed by atoms with Gasteiger partial charge in [-0.25, -0.2) is 0 Å². The van der Waals surface area contributed by atoms with E-state index in [1.807, 2.05) is 24.3 Å². The highest BCUT2D eigenvalue weighted by atomic mass is 16.5. The van der Waals surface area contributed by atoms with Crippen LogP contribution in [0.25, 0.3) is 0 Å². The van der Waals surface area contributed by atoms with Crippen molar-refractivity contribution < 1.29 is 9.53 Å². The van der Waals surface area contributed by atoms with E-state index in [4.69, 9.17) is 10.5 Å². The Balaban J connectivity index is 2.06. The summed E-state index contributed by atoms with van der Waals surface area (Å²) in [4.78, 5) is 12.1. The summed E-state index contributed by atoms with van der Waals surface area (Å²) in [6.07, 6.45) is 2.02. The van der Waals surface area contributed by atoms with Gasteiger partial charge in [-0.15, -0.1) is 0 Å². The summed E-state index contributed by atoms with van der Waals surface area (Å²) in [7, 11) is 0. The summed E-state index contributed by atoms with van der Waals surface area (Å²) < 4.78 is 5.22. The van der Waals surface area contributed by atoms with Crippen molar-refractivity contribution in [2.45, 2.75) is 25.8 Å². The number of amides is 1. The van der Waals surface area contributed by atoms with Gasteiger partial charge in [-0.1, -0.05) is 31.5 Å². The van der Waals surface area contributed by atoms with Crippen LogP contribution in [0, 0.1) is 5.92 Å². The van der Waals surface area contributed by atoms with E-state index in [-0.39, 0.29) is 17.9 Å². The number of para-hydroxylation sites is 1. The molecular weight excluding hydrogens is 228 g/mol. The SMILES string of the molecule is CCCc1ccccc1NC(=O)C1COCC1N. The Morgan fingerprint density at radius 1 is 1.44 bits per heavy atom. The molecule has 4 heteroatoms. The van der Waals surface area contributed by atoms with Gasteiger partial charge < -0.3 is 15.8 Å². The van der Waals surface area contributed by atoms with Crippen molar-refractivity contribution in [1.29, 1.82) is 0 Å². The second kappa shape index (κ2) is 5.98. The van der Waals surface area contributed by atoms with Crippen LogP contribution in [-0.2, 0) is 16.0 Å². The van der Waals surface area contributed by atoms with Crippen molar-refractivity contribution >= 4 is 11.6 Å². The monoisotopic (exact) mass is 248 g/mol. The fourth-order valence-corrected chi connectivity index (χ4v) is 2.20. The topological polar surface area (TPSA) is 64.3 Å². The van der Waals surface area contributed by atoms with Crippen molar-refractivity contribution in [2.75, 3.05) is 18.5 Å². The Morgan fingerprint density at radius 2 is 2.22 bits per heavy atom. The van der Waals surface area contributed by atoms with Crippen molar-refractivity contribution in [1.82, 2.24) is 0 Å². The first-order valence-electron chi connectivity index (χ1n) is 6.44. The zero-order valence-electron chi connectivity index (χ0n) is 10.7. The highest BCUT2D eigenvalue weighted by Gasteiger charge is 2.31. The first-order chi connectivity index (χ1) is 8.72. The summed E-state index contributed by atoms with van der Waals surface area (Å²) in [5.74, 6) is -0.275. The molecule has 18 heavy (non-hydrogen) atoms. The van der Waals surface area contributed by atoms with Gasteiger partial charge in [0.05, 0.1) is 19.1 Å².